The van der Waals surface area contributed by atoms with E-state index in [0.717, 1.165) is 25.8 Å². The molecule has 2 aliphatic carbocycles. The molecule has 1 amide bonds. The van der Waals surface area contributed by atoms with Crippen molar-refractivity contribution in [3.8, 4) is 0 Å². The molecule has 0 spiro atoms. The SMILES string of the molecule is NCC1(CC(=O)NCC2Cc3ccccc32)CCC1. The summed E-state index contributed by atoms with van der Waals surface area (Å²) in [5.41, 5.74) is 8.74. The summed E-state index contributed by atoms with van der Waals surface area (Å²) in [6.45, 7) is 1.42. The molecule has 1 fully saturated rings. The van der Waals surface area contributed by atoms with E-state index in [0.29, 0.717) is 18.9 Å². The molecule has 0 saturated heterocycles. The molecule has 3 N–H and O–H groups in total. The fraction of sp³-hybridized carbons (Fsp3) is 0.562. The Morgan fingerprint density at radius 2 is 2.16 bits per heavy atom. The maximum atomic E-state index is 12.0. The lowest BCUT2D eigenvalue weighted by atomic mass is 9.66. The zero-order valence-corrected chi connectivity index (χ0v) is 11.3. The molecule has 3 nitrogen and oxygen atoms in total. The summed E-state index contributed by atoms with van der Waals surface area (Å²) in [7, 11) is 0. The maximum absolute atomic E-state index is 12.0. The fourth-order valence-corrected chi connectivity index (χ4v) is 3.31. The zero-order chi connectivity index (χ0) is 13.3. The predicted molar refractivity (Wildman–Crippen MR) is 75.9 cm³/mol. The van der Waals surface area contributed by atoms with E-state index in [2.05, 4.69) is 29.6 Å². The number of hydrogen-bond acceptors (Lipinski definition) is 2. The maximum Gasteiger partial charge on any atom is 0.220 e. The van der Waals surface area contributed by atoms with Crippen molar-refractivity contribution < 1.29 is 4.79 Å². The van der Waals surface area contributed by atoms with E-state index in [9.17, 15) is 4.79 Å². The van der Waals surface area contributed by atoms with Gasteiger partial charge in [-0.15, -0.1) is 0 Å². The highest BCUT2D eigenvalue weighted by molar-refractivity contribution is 5.77. The summed E-state index contributed by atoms with van der Waals surface area (Å²) in [4.78, 5) is 12.0. The molecule has 3 rings (SSSR count). The van der Waals surface area contributed by atoms with Crippen molar-refractivity contribution >= 4 is 5.91 Å². The van der Waals surface area contributed by atoms with Crippen LogP contribution in [0.3, 0.4) is 0 Å². The van der Waals surface area contributed by atoms with Crippen LogP contribution in [0.2, 0.25) is 0 Å². The Labute approximate surface area is 114 Å². The lowest BCUT2D eigenvalue weighted by Gasteiger charge is -2.40. The van der Waals surface area contributed by atoms with Crippen molar-refractivity contribution in [1.82, 2.24) is 5.32 Å². The van der Waals surface area contributed by atoms with Crippen LogP contribution in [0.25, 0.3) is 0 Å². The molecule has 0 aliphatic heterocycles. The van der Waals surface area contributed by atoms with Gasteiger partial charge >= 0.3 is 0 Å². The monoisotopic (exact) mass is 258 g/mol. The van der Waals surface area contributed by atoms with Crippen molar-refractivity contribution in [2.24, 2.45) is 11.1 Å². The van der Waals surface area contributed by atoms with Crippen LogP contribution in [0.4, 0.5) is 0 Å². The molecule has 1 saturated carbocycles. The number of carbonyl (C=O) groups is 1. The highest BCUT2D eigenvalue weighted by Gasteiger charge is 2.37. The molecule has 0 heterocycles. The van der Waals surface area contributed by atoms with Crippen molar-refractivity contribution in [2.75, 3.05) is 13.1 Å². The largest absolute Gasteiger partial charge is 0.355 e. The second-order valence-corrected chi connectivity index (χ2v) is 6.14. The molecular formula is C16H22N2O. The van der Waals surface area contributed by atoms with Gasteiger partial charge in [0, 0.05) is 18.9 Å². The van der Waals surface area contributed by atoms with Gasteiger partial charge in [0.05, 0.1) is 0 Å². The normalized spacial score (nSPS) is 22.9. The van der Waals surface area contributed by atoms with Crippen LogP contribution in [0.1, 0.15) is 42.7 Å². The van der Waals surface area contributed by atoms with Gasteiger partial charge in [-0.2, -0.15) is 0 Å². The molecule has 0 aromatic heterocycles. The first-order valence-corrected chi connectivity index (χ1v) is 7.27. The Morgan fingerprint density at radius 1 is 1.37 bits per heavy atom. The summed E-state index contributed by atoms with van der Waals surface area (Å²) in [6.07, 6.45) is 5.16. The third-order valence-corrected chi connectivity index (χ3v) is 4.89. The summed E-state index contributed by atoms with van der Waals surface area (Å²) in [5, 5.41) is 3.09. The van der Waals surface area contributed by atoms with Crippen LogP contribution in [0.15, 0.2) is 24.3 Å². The Balaban J connectivity index is 1.47. The molecule has 3 heteroatoms. The van der Waals surface area contributed by atoms with Crippen LogP contribution >= 0.6 is 0 Å². The van der Waals surface area contributed by atoms with Gasteiger partial charge in [-0.1, -0.05) is 30.7 Å². The first kappa shape index (κ1) is 12.7. The van der Waals surface area contributed by atoms with Crippen molar-refractivity contribution in [3.05, 3.63) is 35.4 Å². The van der Waals surface area contributed by atoms with E-state index in [1.807, 2.05) is 0 Å². The van der Waals surface area contributed by atoms with Gasteiger partial charge in [-0.25, -0.2) is 0 Å². The van der Waals surface area contributed by atoms with Gasteiger partial charge < -0.3 is 11.1 Å². The first-order valence-electron chi connectivity index (χ1n) is 7.27. The number of fused-ring (bicyclic) bond motifs is 1. The van der Waals surface area contributed by atoms with Gasteiger partial charge in [-0.3, -0.25) is 4.79 Å². The first-order chi connectivity index (χ1) is 9.22. The Kier molecular flexibility index (Phi) is 3.31. The van der Waals surface area contributed by atoms with Crippen LogP contribution in [-0.4, -0.2) is 19.0 Å². The predicted octanol–water partition coefficient (Wildman–Crippen LogP) is 1.96. The molecule has 1 aromatic rings. The number of benzene rings is 1. The topological polar surface area (TPSA) is 55.1 Å². The average Bonchev–Trinajstić information content (AvgIpc) is 2.35. The molecule has 2 aliphatic rings. The lowest BCUT2D eigenvalue weighted by molar-refractivity contribution is -0.124. The quantitative estimate of drug-likeness (QED) is 0.848. The molecular weight excluding hydrogens is 236 g/mol. The van der Waals surface area contributed by atoms with E-state index in [1.165, 1.54) is 17.5 Å². The number of nitrogens with two attached hydrogens (primary N) is 1. The minimum atomic E-state index is 0.113. The van der Waals surface area contributed by atoms with E-state index in [-0.39, 0.29) is 11.3 Å². The number of nitrogens with one attached hydrogen (secondary N) is 1. The van der Waals surface area contributed by atoms with Crippen molar-refractivity contribution in [3.63, 3.8) is 0 Å². The minimum absolute atomic E-state index is 0.113. The molecule has 0 bridgehead atoms. The fourth-order valence-electron chi connectivity index (χ4n) is 3.31. The summed E-state index contributed by atoms with van der Waals surface area (Å²) in [5.74, 6) is 0.685. The second-order valence-electron chi connectivity index (χ2n) is 6.14. The third kappa shape index (κ3) is 2.39. The number of carbonyl (C=O) groups excluding carboxylic acids is 1. The van der Waals surface area contributed by atoms with Crippen LogP contribution < -0.4 is 11.1 Å². The van der Waals surface area contributed by atoms with Gasteiger partial charge in [0.25, 0.3) is 0 Å². The van der Waals surface area contributed by atoms with Crippen molar-refractivity contribution in [1.29, 1.82) is 0 Å². The van der Waals surface area contributed by atoms with Crippen LogP contribution in [0, 0.1) is 5.41 Å². The zero-order valence-electron chi connectivity index (χ0n) is 11.3. The Hall–Kier alpha value is -1.35. The highest BCUT2D eigenvalue weighted by atomic mass is 16.1. The Morgan fingerprint density at radius 3 is 2.79 bits per heavy atom. The number of amides is 1. The second kappa shape index (κ2) is 4.97. The number of hydrogen-bond donors (Lipinski definition) is 2. The van der Waals surface area contributed by atoms with Gasteiger partial charge in [0.15, 0.2) is 0 Å². The van der Waals surface area contributed by atoms with Crippen molar-refractivity contribution in [2.45, 2.75) is 38.0 Å². The summed E-state index contributed by atoms with van der Waals surface area (Å²) >= 11 is 0. The van der Waals surface area contributed by atoms with Gasteiger partial charge in [-0.05, 0) is 42.3 Å². The molecule has 1 aromatic carbocycles. The van der Waals surface area contributed by atoms with E-state index in [1.54, 1.807) is 0 Å². The highest BCUT2D eigenvalue weighted by Crippen LogP contribution is 2.43. The standard InChI is InChI=1S/C16H22N2O/c17-11-16(6-3-7-16)9-15(19)18-10-13-8-12-4-1-2-5-14(12)13/h1-2,4-5,13H,3,6-11,17H2,(H,18,19). The smallest absolute Gasteiger partial charge is 0.220 e. The number of rotatable bonds is 5. The molecule has 0 radical (unpaired) electrons. The summed E-state index contributed by atoms with van der Waals surface area (Å²) < 4.78 is 0. The van der Waals surface area contributed by atoms with Crippen LogP contribution in [0.5, 0.6) is 0 Å². The molecule has 19 heavy (non-hydrogen) atoms. The van der Waals surface area contributed by atoms with Crippen LogP contribution in [-0.2, 0) is 11.2 Å². The molecule has 1 atom stereocenters. The third-order valence-electron chi connectivity index (χ3n) is 4.89. The van der Waals surface area contributed by atoms with E-state index in [4.69, 9.17) is 5.73 Å². The van der Waals surface area contributed by atoms with Gasteiger partial charge in [0.2, 0.25) is 5.91 Å². The minimum Gasteiger partial charge on any atom is -0.355 e. The molecule has 102 valence electrons. The van der Waals surface area contributed by atoms with Gasteiger partial charge in [0.1, 0.15) is 0 Å². The lowest BCUT2D eigenvalue weighted by Crippen LogP contribution is -2.43. The Bertz CT molecular complexity index is 474. The summed E-state index contributed by atoms with van der Waals surface area (Å²) in [6, 6.07) is 8.49. The van der Waals surface area contributed by atoms with E-state index >= 15 is 0 Å². The van der Waals surface area contributed by atoms with E-state index < -0.39 is 0 Å². The molecule has 1 unspecified atom stereocenters. The average molecular weight is 258 g/mol.